The van der Waals surface area contributed by atoms with Gasteiger partial charge in [-0.15, -0.1) is 0 Å². The van der Waals surface area contributed by atoms with Crippen molar-refractivity contribution in [2.45, 2.75) is 52.6 Å². The van der Waals surface area contributed by atoms with Crippen molar-refractivity contribution in [2.24, 2.45) is 5.41 Å². The molecule has 0 saturated carbocycles. The minimum absolute atomic E-state index is 0.308. The Morgan fingerprint density at radius 2 is 2.12 bits per heavy atom. The highest BCUT2D eigenvalue weighted by atomic mass is 16.5. The van der Waals surface area contributed by atoms with E-state index in [9.17, 15) is 0 Å². The van der Waals surface area contributed by atoms with Gasteiger partial charge in [0.15, 0.2) is 0 Å². The van der Waals surface area contributed by atoms with Crippen LogP contribution in [0.15, 0.2) is 0 Å². The zero-order valence-electron chi connectivity index (χ0n) is 12.3. The minimum Gasteiger partial charge on any atom is -0.380 e. The summed E-state index contributed by atoms with van der Waals surface area (Å²) in [5, 5.41) is 3.68. The molecule has 2 unspecified atom stereocenters. The molecule has 1 heterocycles. The van der Waals surface area contributed by atoms with E-state index in [0.29, 0.717) is 17.5 Å². The van der Waals surface area contributed by atoms with E-state index in [1.54, 1.807) is 0 Å². The summed E-state index contributed by atoms with van der Waals surface area (Å²) in [6.07, 6.45) is 2.38. The molecular formula is C14H30N2O. The highest BCUT2D eigenvalue weighted by molar-refractivity contribution is 4.85. The Labute approximate surface area is 107 Å². The van der Waals surface area contributed by atoms with Gasteiger partial charge >= 0.3 is 0 Å². The fourth-order valence-electron chi connectivity index (χ4n) is 2.27. The van der Waals surface area contributed by atoms with Gasteiger partial charge in [0.2, 0.25) is 0 Å². The third-order valence-electron chi connectivity index (χ3n) is 3.69. The number of ether oxygens (including phenoxy) is 1. The molecule has 0 spiro atoms. The second kappa shape index (κ2) is 6.72. The van der Waals surface area contributed by atoms with Gasteiger partial charge in [-0.05, 0) is 31.8 Å². The van der Waals surface area contributed by atoms with Gasteiger partial charge in [-0.25, -0.2) is 0 Å². The highest BCUT2D eigenvalue weighted by Gasteiger charge is 2.28. The SMILES string of the molecule is CCCNC(CN(C)C1CCOC1)C(C)(C)C. The van der Waals surface area contributed by atoms with E-state index >= 15 is 0 Å². The first kappa shape index (κ1) is 14.9. The van der Waals surface area contributed by atoms with Crippen molar-refractivity contribution in [3.8, 4) is 0 Å². The van der Waals surface area contributed by atoms with Crippen LogP contribution in [-0.2, 0) is 4.74 Å². The standard InChI is InChI=1S/C14H30N2O/c1-6-8-15-13(14(2,3)4)10-16(5)12-7-9-17-11-12/h12-13,15H,6-11H2,1-5H3. The van der Waals surface area contributed by atoms with Crippen LogP contribution in [0.3, 0.4) is 0 Å². The van der Waals surface area contributed by atoms with Crippen molar-refractivity contribution in [3.63, 3.8) is 0 Å². The van der Waals surface area contributed by atoms with Crippen LogP contribution >= 0.6 is 0 Å². The van der Waals surface area contributed by atoms with E-state index in [0.717, 1.165) is 26.3 Å². The largest absolute Gasteiger partial charge is 0.380 e. The molecule has 3 nitrogen and oxygen atoms in total. The molecule has 1 N–H and O–H groups in total. The second-order valence-electron chi connectivity index (χ2n) is 6.33. The number of hydrogen-bond donors (Lipinski definition) is 1. The van der Waals surface area contributed by atoms with Gasteiger partial charge in [-0.3, -0.25) is 4.90 Å². The molecule has 1 fully saturated rings. The summed E-state index contributed by atoms with van der Waals surface area (Å²) in [5.41, 5.74) is 0.308. The maximum Gasteiger partial charge on any atom is 0.0622 e. The molecule has 102 valence electrons. The molecule has 0 amide bonds. The van der Waals surface area contributed by atoms with Crippen molar-refractivity contribution < 1.29 is 4.74 Å². The van der Waals surface area contributed by atoms with E-state index in [4.69, 9.17) is 4.74 Å². The predicted molar refractivity (Wildman–Crippen MR) is 73.4 cm³/mol. The summed E-state index contributed by atoms with van der Waals surface area (Å²) >= 11 is 0. The van der Waals surface area contributed by atoms with Crippen LogP contribution in [0.2, 0.25) is 0 Å². The van der Waals surface area contributed by atoms with E-state index < -0.39 is 0 Å². The van der Waals surface area contributed by atoms with E-state index in [-0.39, 0.29) is 0 Å². The number of nitrogens with zero attached hydrogens (tertiary/aromatic N) is 1. The van der Waals surface area contributed by atoms with Crippen molar-refractivity contribution in [1.29, 1.82) is 0 Å². The van der Waals surface area contributed by atoms with Gasteiger partial charge in [0.25, 0.3) is 0 Å². The highest BCUT2D eigenvalue weighted by Crippen LogP contribution is 2.21. The normalized spacial score (nSPS) is 23.3. The maximum absolute atomic E-state index is 5.46. The second-order valence-corrected chi connectivity index (χ2v) is 6.33. The van der Waals surface area contributed by atoms with Gasteiger partial charge in [-0.1, -0.05) is 27.7 Å². The average molecular weight is 242 g/mol. The lowest BCUT2D eigenvalue weighted by molar-refractivity contribution is 0.132. The summed E-state index contributed by atoms with van der Waals surface area (Å²) < 4.78 is 5.46. The Morgan fingerprint density at radius 3 is 2.59 bits per heavy atom. The Balaban J connectivity index is 2.46. The lowest BCUT2D eigenvalue weighted by Gasteiger charge is -2.36. The molecular weight excluding hydrogens is 212 g/mol. The topological polar surface area (TPSA) is 24.5 Å². The molecule has 1 aliphatic heterocycles. The van der Waals surface area contributed by atoms with Crippen LogP contribution in [-0.4, -0.2) is 50.3 Å². The van der Waals surface area contributed by atoms with Gasteiger partial charge in [0.05, 0.1) is 6.61 Å². The smallest absolute Gasteiger partial charge is 0.0622 e. The number of likely N-dealkylation sites (N-methyl/N-ethyl adjacent to an activating group) is 1. The predicted octanol–water partition coefficient (Wildman–Crippen LogP) is 2.12. The zero-order valence-corrected chi connectivity index (χ0v) is 12.3. The van der Waals surface area contributed by atoms with Crippen LogP contribution in [0.5, 0.6) is 0 Å². The average Bonchev–Trinajstić information content (AvgIpc) is 2.75. The van der Waals surface area contributed by atoms with Crippen LogP contribution in [0.25, 0.3) is 0 Å². The quantitative estimate of drug-likeness (QED) is 0.772. The fourth-order valence-corrected chi connectivity index (χ4v) is 2.27. The van der Waals surface area contributed by atoms with Gasteiger partial charge in [0.1, 0.15) is 0 Å². The fraction of sp³-hybridized carbons (Fsp3) is 1.00. The van der Waals surface area contributed by atoms with Gasteiger partial charge in [-0.2, -0.15) is 0 Å². The van der Waals surface area contributed by atoms with Crippen molar-refractivity contribution >= 4 is 0 Å². The molecule has 1 aliphatic rings. The molecule has 17 heavy (non-hydrogen) atoms. The third kappa shape index (κ3) is 4.94. The molecule has 0 aromatic heterocycles. The maximum atomic E-state index is 5.46. The summed E-state index contributed by atoms with van der Waals surface area (Å²) in [6, 6.07) is 1.16. The summed E-state index contributed by atoms with van der Waals surface area (Å²) in [5.74, 6) is 0. The first-order chi connectivity index (χ1) is 7.95. The lowest BCUT2D eigenvalue weighted by atomic mass is 9.86. The molecule has 1 rings (SSSR count). The molecule has 0 aromatic carbocycles. The lowest BCUT2D eigenvalue weighted by Crippen LogP contribution is -2.50. The number of rotatable bonds is 6. The Morgan fingerprint density at radius 1 is 1.41 bits per heavy atom. The van der Waals surface area contributed by atoms with Gasteiger partial charge in [0, 0.05) is 25.2 Å². The number of hydrogen-bond acceptors (Lipinski definition) is 3. The Kier molecular flexibility index (Phi) is 5.90. The summed E-state index contributed by atoms with van der Waals surface area (Å²) in [4.78, 5) is 2.46. The zero-order chi connectivity index (χ0) is 12.9. The van der Waals surface area contributed by atoms with Crippen molar-refractivity contribution in [1.82, 2.24) is 10.2 Å². The molecule has 0 aliphatic carbocycles. The van der Waals surface area contributed by atoms with Crippen molar-refractivity contribution in [2.75, 3.05) is 33.4 Å². The molecule has 0 aromatic rings. The van der Waals surface area contributed by atoms with Crippen LogP contribution in [0, 0.1) is 5.41 Å². The molecule has 3 heteroatoms. The van der Waals surface area contributed by atoms with Crippen LogP contribution in [0.4, 0.5) is 0 Å². The van der Waals surface area contributed by atoms with Crippen LogP contribution < -0.4 is 5.32 Å². The molecule has 1 saturated heterocycles. The van der Waals surface area contributed by atoms with E-state index in [2.05, 4.69) is 45.0 Å². The van der Waals surface area contributed by atoms with E-state index in [1.165, 1.54) is 12.8 Å². The Hall–Kier alpha value is -0.120. The molecule has 0 radical (unpaired) electrons. The van der Waals surface area contributed by atoms with E-state index in [1.807, 2.05) is 0 Å². The Bertz CT molecular complexity index is 207. The summed E-state index contributed by atoms with van der Waals surface area (Å²) in [6.45, 7) is 13.2. The first-order valence-electron chi connectivity index (χ1n) is 6.96. The monoisotopic (exact) mass is 242 g/mol. The minimum atomic E-state index is 0.308. The molecule has 0 bridgehead atoms. The van der Waals surface area contributed by atoms with Crippen LogP contribution in [0.1, 0.15) is 40.5 Å². The number of nitrogens with one attached hydrogen (secondary N) is 1. The molecule has 2 atom stereocenters. The van der Waals surface area contributed by atoms with Gasteiger partial charge < -0.3 is 10.1 Å². The third-order valence-corrected chi connectivity index (χ3v) is 3.69. The first-order valence-corrected chi connectivity index (χ1v) is 6.96. The summed E-state index contributed by atoms with van der Waals surface area (Å²) in [7, 11) is 2.23. The van der Waals surface area contributed by atoms with Crippen molar-refractivity contribution in [3.05, 3.63) is 0 Å².